The molecule has 2 aliphatic rings. The highest BCUT2D eigenvalue weighted by Crippen LogP contribution is 2.60. The summed E-state index contributed by atoms with van der Waals surface area (Å²) in [6, 6.07) is 26.0. The maximum Gasteiger partial charge on any atom is 0.297 e. The van der Waals surface area contributed by atoms with E-state index in [0.717, 1.165) is 11.1 Å². The minimum Gasteiger partial charge on any atom is -0.497 e. The number of halogens is 1. The number of aryl methyl sites for hydroxylation is 1. The van der Waals surface area contributed by atoms with Crippen molar-refractivity contribution in [2.24, 2.45) is 5.92 Å². The number of rotatable bonds is 12. The van der Waals surface area contributed by atoms with Gasteiger partial charge in [0, 0.05) is 41.6 Å². The molecule has 1 fully saturated rings. The number of benzene rings is 3. The van der Waals surface area contributed by atoms with E-state index in [9.17, 15) is 14.7 Å². The van der Waals surface area contributed by atoms with Crippen molar-refractivity contribution in [2.45, 2.75) is 62.7 Å². The molecule has 5 aromatic rings. The normalized spacial score (nSPS) is 21.6. The van der Waals surface area contributed by atoms with Gasteiger partial charge in [0.2, 0.25) is 8.41 Å². The van der Waals surface area contributed by atoms with E-state index >= 15 is 4.11 Å². The van der Waals surface area contributed by atoms with Crippen LogP contribution in [0.5, 0.6) is 11.5 Å². The van der Waals surface area contributed by atoms with Gasteiger partial charge in [0.15, 0.2) is 11.4 Å². The van der Waals surface area contributed by atoms with Gasteiger partial charge < -0.3 is 28.3 Å². The van der Waals surface area contributed by atoms with Crippen molar-refractivity contribution in [1.82, 2.24) is 19.6 Å². The number of hydrogen-bond acceptors (Lipinski definition) is 8. The quantitative estimate of drug-likeness (QED) is 0.123. The van der Waals surface area contributed by atoms with Crippen LogP contribution in [-0.4, -0.2) is 65.9 Å². The minimum absolute atomic E-state index is 0.119. The Kier molecular flexibility index (Phi) is 9.83. The molecule has 53 heavy (non-hydrogen) atoms. The molecule has 1 amide bonds. The highest BCUT2D eigenvalue weighted by Gasteiger charge is 2.66. The van der Waals surface area contributed by atoms with Gasteiger partial charge in [-0.2, -0.15) is 0 Å². The number of carbonyl (C=O) groups excluding carboxylic acids is 1. The first-order chi connectivity index (χ1) is 25.5. The van der Waals surface area contributed by atoms with Crippen LogP contribution in [0, 0.1) is 5.92 Å². The second-order valence-corrected chi connectivity index (χ2v) is 18.1. The number of amides is 1. The summed E-state index contributed by atoms with van der Waals surface area (Å²) in [5.41, 5.74) is 2.23. The summed E-state index contributed by atoms with van der Waals surface area (Å²) in [5, 5.41) is 18.9. The third-order valence-electron chi connectivity index (χ3n) is 10.8. The molecule has 0 bridgehead atoms. The molecule has 5 atom stereocenters. The SMILES string of the molecule is COc1ccc2c(c1)[C@@]1(O[C@H](CCn3cc(C(CO)c4ccccc4)nn3)[C@@H]([Si](C)(C)F)[C@@H]1C)C(=O)N2Cc1ccc(-n2cccc(OC)c2=O)cc1. The zero-order valence-electron chi connectivity index (χ0n) is 30.5. The molecule has 7 rings (SSSR count). The van der Waals surface area contributed by atoms with Crippen molar-refractivity contribution < 1.29 is 28.2 Å². The largest absolute Gasteiger partial charge is 0.497 e. The Labute approximate surface area is 308 Å². The van der Waals surface area contributed by atoms with Crippen LogP contribution in [0.4, 0.5) is 9.80 Å². The zero-order valence-corrected chi connectivity index (χ0v) is 31.5. The van der Waals surface area contributed by atoms with Crippen LogP contribution in [0.2, 0.25) is 18.6 Å². The van der Waals surface area contributed by atoms with E-state index in [-0.39, 0.29) is 36.3 Å². The highest BCUT2D eigenvalue weighted by atomic mass is 28.4. The molecule has 1 N–H and O–H groups in total. The molecule has 1 saturated heterocycles. The summed E-state index contributed by atoms with van der Waals surface area (Å²) >= 11 is 0. The number of methoxy groups -OCH3 is 2. The topological polar surface area (TPSA) is 121 Å². The molecule has 1 spiro atoms. The van der Waals surface area contributed by atoms with Gasteiger partial charge in [-0.1, -0.05) is 54.6 Å². The molecule has 0 aliphatic carbocycles. The molecule has 1 unspecified atom stereocenters. The van der Waals surface area contributed by atoms with Crippen molar-refractivity contribution in [2.75, 3.05) is 25.7 Å². The molecular formula is C40H44FN5O6Si. The van der Waals surface area contributed by atoms with Crippen LogP contribution in [-0.2, 0) is 28.2 Å². The maximum absolute atomic E-state index is 16.5. The number of hydrogen-bond donors (Lipinski definition) is 1. The van der Waals surface area contributed by atoms with E-state index in [1.54, 1.807) is 48.1 Å². The minimum atomic E-state index is -3.41. The van der Waals surface area contributed by atoms with Crippen LogP contribution in [0.25, 0.3) is 5.69 Å². The van der Waals surface area contributed by atoms with E-state index in [1.165, 1.54) is 11.7 Å². The van der Waals surface area contributed by atoms with Gasteiger partial charge in [-0.05, 0) is 73.1 Å². The average Bonchev–Trinajstić information content (AvgIpc) is 3.82. The first kappa shape index (κ1) is 36.3. The zero-order chi connectivity index (χ0) is 37.5. The Morgan fingerprint density at radius 1 is 1.00 bits per heavy atom. The summed E-state index contributed by atoms with van der Waals surface area (Å²) in [4.78, 5) is 29.4. The van der Waals surface area contributed by atoms with Crippen molar-refractivity contribution >= 4 is 20.0 Å². The van der Waals surface area contributed by atoms with Gasteiger partial charge in [0.05, 0.1) is 50.8 Å². The average molecular weight is 738 g/mol. The summed E-state index contributed by atoms with van der Waals surface area (Å²) in [6.07, 6.45) is 3.33. The second-order valence-electron chi connectivity index (χ2n) is 14.3. The Bertz CT molecular complexity index is 2150. The summed E-state index contributed by atoms with van der Waals surface area (Å²) in [6.45, 7) is 5.81. The standard InChI is InChI=1S/C40H44FN5O6Si/c1-26-37(53(4,5)41)35(19-21-44-24-33(42-43-44)31(25-47)28-10-7-6-8-11-28)52-40(26)32-22-30(50-2)17-18-34(32)46(39(40)49)23-27-13-15-29(16-14-27)45-20-9-12-36(51-3)38(45)48/h6-18,20,22,24,26,31,35,37,47H,19,21,23,25H2,1-5H3/t26-,31?,35+,37-,40+/m0/s1. The van der Waals surface area contributed by atoms with E-state index in [0.29, 0.717) is 41.3 Å². The van der Waals surface area contributed by atoms with Gasteiger partial charge in [0.25, 0.3) is 11.5 Å². The van der Waals surface area contributed by atoms with Crippen LogP contribution in [0.15, 0.2) is 102 Å². The molecule has 11 nitrogen and oxygen atoms in total. The van der Waals surface area contributed by atoms with E-state index in [2.05, 4.69) is 10.3 Å². The molecular weight excluding hydrogens is 694 g/mol. The predicted molar refractivity (Wildman–Crippen MR) is 201 cm³/mol. The molecule has 2 aliphatic heterocycles. The number of aliphatic hydroxyl groups is 1. The van der Waals surface area contributed by atoms with E-state index < -0.39 is 31.6 Å². The number of fused-ring (bicyclic) bond motifs is 2. The fraction of sp³-hybridized carbons (Fsp3) is 0.350. The fourth-order valence-electron chi connectivity index (χ4n) is 8.25. The Hall–Kier alpha value is -5.11. The molecule has 3 aromatic carbocycles. The van der Waals surface area contributed by atoms with Gasteiger partial charge in [-0.3, -0.25) is 18.8 Å². The lowest BCUT2D eigenvalue weighted by atomic mass is 9.82. The molecule has 4 heterocycles. The van der Waals surface area contributed by atoms with Crippen molar-refractivity contribution in [3.8, 4) is 17.2 Å². The molecule has 276 valence electrons. The third-order valence-corrected chi connectivity index (χ3v) is 13.3. The van der Waals surface area contributed by atoms with Gasteiger partial charge in [0.1, 0.15) is 5.75 Å². The van der Waals surface area contributed by atoms with Gasteiger partial charge in [-0.25, -0.2) is 0 Å². The molecule has 0 saturated carbocycles. The lowest BCUT2D eigenvalue weighted by molar-refractivity contribution is -0.146. The highest BCUT2D eigenvalue weighted by molar-refractivity contribution is 6.72. The van der Waals surface area contributed by atoms with Gasteiger partial charge >= 0.3 is 0 Å². The number of nitrogens with zero attached hydrogens (tertiary/aromatic N) is 5. The van der Waals surface area contributed by atoms with Crippen molar-refractivity contribution in [3.05, 3.63) is 130 Å². The van der Waals surface area contributed by atoms with Crippen molar-refractivity contribution in [1.29, 1.82) is 0 Å². The maximum atomic E-state index is 16.5. The molecule has 13 heteroatoms. The van der Waals surface area contributed by atoms with Crippen molar-refractivity contribution in [3.63, 3.8) is 0 Å². The Morgan fingerprint density at radius 3 is 2.43 bits per heavy atom. The molecule has 2 aromatic heterocycles. The second kappa shape index (κ2) is 14.4. The van der Waals surface area contributed by atoms with Crippen LogP contribution >= 0.6 is 0 Å². The predicted octanol–water partition coefficient (Wildman–Crippen LogP) is 5.98. The first-order valence-electron chi connectivity index (χ1n) is 17.8. The van der Waals surface area contributed by atoms with Crippen LogP contribution in [0.3, 0.4) is 0 Å². The monoisotopic (exact) mass is 737 g/mol. The Balaban J connectivity index is 1.17. The lowest BCUT2D eigenvalue weighted by Gasteiger charge is -2.31. The number of pyridine rings is 1. The first-order valence-corrected chi connectivity index (χ1v) is 20.7. The lowest BCUT2D eigenvalue weighted by Crippen LogP contribution is -2.45. The fourth-order valence-corrected chi connectivity index (χ4v) is 10.8. The number of carbonyl (C=O) groups is 1. The van der Waals surface area contributed by atoms with Gasteiger partial charge in [-0.15, -0.1) is 5.10 Å². The number of aromatic nitrogens is 4. The summed E-state index contributed by atoms with van der Waals surface area (Å²) in [5.74, 6) is -0.236. The van der Waals surface area contributed by atoms with Crippen LogP contribution < -0.4 is 19.9 Å². The van der Waals surface area contributed by atoms with E-state index in [4.69, 9.17) is 14.2 Å². The third kappa shape index (κ3) is 6.46. The number of ether oxygens (including phenoxy) is 3. The molecule has 0 radical (unpaired) electrons. The smallest absolute Gasteiger partial charge is 0.297 e. The number of aliphatic hydroxyl groups excluding tert-OH is 1. The van der Waals surface area contributed by atoms with E-state index in [1.807, 2.05) is 85.9 Å². The Morgan fingerprint density at radius 2 is 1.75 bits per heavy atom. The summed E-state index contributed by atoms with van der Waals surface area (Å²) in [7, 11) is -0.371. The summed E-state index contributed by atoms with van der Waals surface area (Å²) < 4.78 is 37.4. The number of anilines is 1. The van der Waals surface area contributed by atoms with Crippen LogP contribution in [0.1, 0.15) is 41.6 Å².